The Labute approximate surface area is 122 Å². The van der Waals surface area contributed by atoms with Crippen molar-refractivity contribution in [3.8, 4) is 0 Å². The molecule has 1 atom stereocenters. The van der Waals surface area contributed by atoms with Gasteiger partial charge in [0.05, 0.1) is 5.69 Å². The Kier molecular flexibility index (Phi) is 4.80. The van der Waals surface area contributed by atoms with E-state index in [-0.39, 0.29) is 6.04 Å². The van der Waals surface area contributed by atoms with Crippen LogP contribution in [0.5, 0.6) is 0 Å². The van der Waals surface area contributed by atoms with E-state index >= 15 is 0 Å². The van der Waals surface area contributed by atoms with E-state index < -0.39 is 0 Å². The van der Waals surface area contributed by atoms with Gasteiger partial charge in [-0.05, 0) is 24.2 Å². The Morgan fingerprint density at radius 3 is 2.74 bits per heavy atom. The number of halogens is 2. The first-order chi connectivity index (χ1) is 9.10. The Balaban J connectivity index is 2.23. The molecule has 102 valence electrons. The monoisotopic (exact) mass is 298 g/mol. The summed E-state index contributed by atoms with van der Waals surface area (Å²) in [6.07, 6.45) is 2.65. The standard InChI is InChI=1S/C13H16Cl2N4/c1-3-16-13(7-10-8-19(2)18-17-10)11-5-4-9(14)6-12(11)15/h4-6,8,13,16H,3,7H2,1-2H3. The molecule has 1 unspecified atom stereocenters. The second-order valence-electron chi connectivity index (χ2n) is 4.36. The molecule has 0 aliphatic rings. The van der Waals surface area contributed by atoms with E-state index in [0.29, 0.717) is 10.0 Å². The zero-order valence-electron chi connectivity index (χ0n) is 10.9. The van der Waals surface area contributed by atoms with Crippen molar-refractivity contribution in [2.24, 2.45) is 7.05 Å². The summed E-state index contributed by atoms with van der Waals surface area (Å²) in [5, 5.41) is 12.8. The van der Waals surface area contributed by atoms with Crippen LogP contribution >= 0.6 is 23.2 Å². The summed E-state index contributed by atoms with van der Waals surface area (Å²) in [7, 11) is 1.86. The predicted molar refractivity (Wildman–Crippen MR) is 77.6 cm³/mol. The molecule has 4 nitrogen and oxygen atoms in total. The predicted octanol–water partition coefficient (Wildman–Crippen LogP) is 3.02. The van der Waals surface area contributed by atoms with Crippen LogP contribution in [0.15, 0.2) is 24.4 Å². The van der Waals surface area contributed by atoms with Gasteiger partial charge < -0.3 is 5.32 Å². The minimum absolute atomic E-state index is 0.103. The lowest BCUT2D eigenvalue weighted by Crippen LogP contribution is -2.23. The second-order valence-corrected chi connectivity index (χ2v) is 5.21. The smallest absolute Gasteiger partial charge is 0.0845 e. The molecule has 1 heterocycles. The van der Waals surface area contributed by atoms with Crippen LogP contribution in [0.25, 0.3) is 0 Å². The van der Waals surface area contributed by atoms with E-state index in [0.717, 1.165) is 24.2 Å². The third kappa shape index (κ3) is 3.69. The number of aryl methyl sites for hydroxylation is 1. The van der Waals surface area contributed by atoms with Crippen LogP contribution in [0, 0.1) is 0 Å². The number of nitrogens with zero attached hydrogens (tertiary/aromatic N) is 3. The van der Waals surface area contributed by atoms with Gasteiger partial charge in [-0.1, -0.05) is 41.4 Å². The molecule has 0 radical (unpaired) electrons. The Bertz CT molecular complexity index is 553. The van der Waals surface area contributed by atoms with E-state index in [1.54, 1.807) is 10.7 Å². The summed E-state index contributed by atoms with van der Waals surface area (Å²) < 4.78 is 1.70. The first kappa shape index (κ1) is 14.3. The number of nitrogens with one attached hydrogen (secondary N) is 1. The van der Waals surface area contributed by atoms with Gasteiger partial charge in [-0.15, -0.1) is 5.10 Å². The van der Waals surface area contributed by atoms with Gasteiger partial charge >= 0.3 is 0 Å². The fraction of sp³-hybridized carbons (Fsp3) is 0.385. The van der Waals surface area contributed by atoms with Gasteiger partial charge in [-0.2, -0.15) is 0 Å². The minimum atomic E-state index is 0.103. The highest BCUT2D eigenvalue weighted by atomic mass is 35.5. The van der Waals surface area contributed by atoms with Crippen molar-refractivity contribution in [2.75, 3.05) is 6.54 Å². The Hall–Kier alpha value is -1.10. The maximum atomic E-state index is 6.27. The van der Waals surface area contributed by atoms with Gasteiger partial charge in [0.15, 0.2) is 0 Å². The van der Waals surface area contributed by atoms with Crippen LogP contribution in [0.4, 0.5) is 0 Å². The van der Waals surface area contributed by atoms with Gasteiger partial charge in [0.25, 0.3) is 0 Å². The van der Waals surface area contributed by atoms with Crippen LogP contribution in [0.2, 0.25) is 10.0 Å². The summed E-state index contributed by atoms with van der Waals surface area (Å²) in [4.78, 5) is 0. The molecule has 0 aliphatic carbocycles. The third-order valence-corrected chi connectivity index (χ3v) is 3.41. The number of aromatic nitrogens is 3. The van der Waals surface area contributed by atoms with Crippen molar-refractivity contribution in [3.05, 3.63) is 45.7 Å². The normalized spacial score (nSPS) is 12.6. The highest BCUT2D eigenvalue weighted by Crippen LogP contribution is 2.28. The van der Waals surface area contributed by atoms with Crippen LogP contribution in [0.1, 0.15) is 24.2 Å². The number of rotatable bonds is 5. The molecule has 6 heteroatoms. The molecular formula is C13H16Cl2N4. The molecule has 0 amide bonds. The number of hydrogen-bond donors (Lipinski definition) is 1. The zero-order valence-corrected chi connectivity index (χ0v) is 12.4. The van der Waals surface area contributed by atoms with Crippen LogP contribution in [-0.4, -0.2) is 21.5 Å². The lowest BCUT2D eigenvalue weighted by atomic mass is 10.0. The van der Waals surface area contributed by atoms with E-state index in [1.807, 2.05) is 25.4 Å². The molecule has 1 aromatic carbocycles. The quantitative estimate of drug-likeness (QED) is 0.923. The molecule has 1 N–H and O–H groups in total. The van der Waals surface area contributed by atoms with Crippen LogP contribution < -0.4 is 5.32 Å². The summed E-state index contributed by atoms with van der Waals surface area (Å²) in [6, 6.07) is 5.67. The SMILES string of the molecule is CCNC(Cc1cn(C)nn1)c1ccc(Cl)cc1Cl. The molecular weight excluding hydrogens is 283 g/mol. The van der Waals surface area contributed by atoms with Gasteiger partial charge in [0.1, 0.15) is 0 Å². The Morgan fingerprint density at radius 1 is 1.37 bits per heavy atom. The molecule has 0 aliphatic heterocycles. The van der Waals surface area contributed by atoms with Crippen molar-refractivity contribution < 1.29 is 0 Å². The fourth-order valence-electron chi connectivity index (χ4n) is 2.02. The van der Waals surface area contributed by atoms with Crippen molar-refractivity contribution in [1.82, 2.24) is 20.3 Å². The fourth-order valence-corrected chi connectivity index (χ4v) is 2.56. The van der Waals surface area contributed by atoms with E-state index in [1.165, 1.54) is 0 Å². The number of hydrogen-bond acceptors (Lipinski definition) is 3. The molecule has 2 rings (SSSR count). The average molecular weight is 299 g/mol. The molecule has 1 aromatic heterocycles. The van der Waals surface area contributed by atoms with E-state index in [9.17, 15) is 0 Å². The first-order valence-corrected chi connectivity index (χ1v) is 6.89. The molecule has 0 fully saturated rings. The summed E-state index contributed by atoms with van der Waals surface area (Å²) >= 11 is 12.2. The van der Waals surface area contributed by atoms with Crippen molar-refractivity contribution >= 4 is 23.2 Å². The highest BCUT2D eigenvalue weighted by Gasteiger charge is 2.16. The molecule has 0 spiro atoms. The highest BCUT2D eigenvalue weighted by molar-refractivity contribution is 6.35. The first-order valence-electron chi connectivity index (χ1n) is 6.13. The molecule has 0 bridgehead atoms. The van der Waals surface area contributed by atoms with Gasteiger partial charge in [-0.3, -0.25) is 4.68 Å². The maximum Gasteiger partial charge on any atom is 0.0845 e. The number of likely N-dealkylation sites (N-methyl/N-ethyl adjacent to an activating group) is 1. The third-order valence-electron chi connectivity index (χ3n) is 2.85. The maximum absolute atomic E-state index is 6.27. The molecule has 2 aromatic rings. The second kappa shape index (κ2) is 6.37. The van der Waals surface area contributed by atoms with Crippen LogP contribution in [0.3, 0.4) is 0 Å². The largest absolute Gasteiger partial charge is 0.310 e. The summed E-state index contributed by atoms with van der Waals surface area (Å²) in [6.45, 7) is 2.91. The van der Waals surface area contributed by atoms with Gasteiger partial charge in [-0.25, -0.2) is 0 Å². The van der Waals surface area contributed by atoms with Crippen LogP contribution in [-0.2, 0) is 13.5 Å². The summed E-state index contributed by atoms with van der Waals surface area (Å²) in [5.41, 5.74) is 1.96. The van der Waals surface area contributed by atoms with Gasteiger partial charge in [0.2, 0.25) is 0 Å². The van der Waals surface area contributed by atoms with Gasteiger partial charge in [0, 0.05) is 35.8 Å². The van der Waals surface area contributed by atoms with E-state index in [4.69, 9.17) is 23.2 Å². The van der Waals surface area contributed by atoms with E-state index in [2.05, 4.69) is 22.6 Å². The lowest BCUT2D eigenvalue weighted by Gasteiger charge is -2.18. The molecule has 0 saturated heterocycles. The lowest BCUT2D eigenvalue weighted by molar-refractivity contribution is 0.543. The Morgan fingerprint density at radius 2 is 2.16 bits per heavy atom. The number of benzene rings is 1. The van der Waals surface area contributed by atoms with Crippen molar-refractivity contribution in [1.29, 1.82) is 0 Å². The average Bonchev–Trinajstić information content (AvgIpc) is 2.74. The minimum Gasteiger partial charge on any atom is -0.310 e. The zero-order chi connectivity index (χ0) is 13.8. The topological polar surface area (TPSA) is 42.7 Å². The molecule has 19 heavy (non-hydrogen) atoms. The van der Waals surface area contributed by atoms with Crippen molar-refractivity contribution in [3.63, 3.8) is 0 Å². The van der Waals surface area contributed by atoms with Crippen molar-refractivity contribution in [2.45, 2.75) is 19.4 Å². The summed E-state index contributed by atoms with van der Waals surface area (Å²) in [5.74, 6) is 0. The molecule has 0 saturated carbocycles.